The number of nitrogens with zero attached hydrogens (tertiary/aromatic N) is 1. The third-order valence-corrected chi connectivity index (χ3v) is 3.80. The molecule has 0 bridgehead atoms. The molecule has 1 heterocycles. The van der Waals surface area contributed by atoms with Crippen LogP contribution in [0.3, 0.4) is 0 Å². The zero-order valence-corrected chi connectivity index (χ0v) is 14.3. The minimum atomic E-state index is -0.560. The molecule has 2 aromatic rings. The molecule has 2 rings (SSSR count). The highest BCUT2D eigenvalue weighted by molar-refractivity contribution is 7.98. The van der Waals surface area contributed by atoms with E-state index in [1.54, 1.807) is 12.3 Å². The number of anilines is 2. The molecule has 0 atom stereocenters. The number of thioether (sulfide) groups is 1. The molecule has 122 valence electrons. The van der Waals surface area contributed by atoms with Crippen LogP contribution in [0.2, 0.25) is 0 Å². The number of carbonyl (C=O) groups excluding carboxylic acids is 1. The normalized spacial score (nSPS) is 11.1. The summed E-state index contributed by atoms with van der Waals surface area (Å²) in [4.78, 5) is 16.3. The van der Waals surface area contributed by atoms with Crippen LogP contribution in [0.1, 0.15) is 26.3 Å². The summed E-state index contributed by atoms with van der Waals surface area (Å²) in [6, 6.07) is 11.7. The van der Waals surface area contributed by atoms with E-state index in [-0.39, 0.29) is 0 Å². The minimum absolute atomic E-state index is 0.486. The van der Waals surface area contributed by atoms with Crippen molar-refractivity contribution in [1.82, 2.24) is 4.98 Å². The van der Waals surface area contributed by atoms with E-state index in [1.807, 2.05) is 51.1 Å². The Morgan fingerprint density at radius 1 is 1.30 bits per heavy atom. The first kappa shape index (κ1) is 17.1. The van der Waals surface area contributed by atoms with Crippen LogP contribution < -0.4 is 11.1 Å². The lowest BCUT2D eigenvalue weighted by atomic mass is 10.2. The van der Waals surface area contributed by atoms with Gasteiger partial charge in [0.15, 0.2) is 0 Å². The second-order valence-corrected chi connectivity index (χ2v) is 6.99. The topological polar surface area (TPSA) is 77.2 Å². The van der Waals surface area contributed by atoms with Crippen molar-refractivity contribution >= 4 is 29.2 Å². The minimum Gasteiger partial charge on any atom is -0.444 e. The summed E-state index contributed by atoms with van der Waals surface area (Å²) in [5.74, 6) is 0.751. The number of hydrogen-bond acceptors (Lipinski definition) is 5. The molecule has 6 heteroatoms. The number of nitrogens with one attached hydrogen (secondary N) is 1. The van der Waals surface area contributed by atoms with Crippen molar-refractivity contribution in [1.29, 1.82) is 0 Å². The average molecular weight is 331 g/mol. The highest BCUT2D eigenvalue weighted by Gasteiger charge is 2.18. The Balaban J connectivity index is 2.09. The van der Waals surface area contributed by atoms with Gasteiger partial charge in [0, 0.05) is 5.75 Å². The lowest BCUT2D eigenvalue weighted by Gasteiger charge is -2.20. The lowest BCUT2D eigenvalue weighted by Crippen LogP contribution is -2.27. The molecule has 1 aromatic carbocycles. The molecular weight excluding hydrogens is 310 g/mol. The molecule has 23 heavy (non-hydrogen) atoms. The maximum Gasteiger partial charge on any atom is 0.412 e. The van der Waals surface area contributed by atoms with E-state index in [4.69, 9.17) is 10.5 Å². The van der Waals surface area contributed by atoms with Crippen molar-refractivity contribution in [3.8, 4) is 0 Å². The highest BCUT2D eigenvalue weighted by Crippen LogP contribution is 2.29. The van der Waals surface area contributed by atoms with Gasteiger partial charge in [-0.3, -0.25) is 5.32 Å². The van der Waals surface area contributed by atoms with E-state index in [1.165, 1.54) is 17.3 Å². The first-order valence-corrected chi connectivity index (χ1v) is 8.24. The van der Waals surface area contributed by atoms with Crippen LogP contribution in [-0.4, -0.2) is 16.7 Å². The molecule has 0 aliphatic heterocycles. The van der Waals surface area contributed by atoms with Gasteiger partial charge in [0.05, 0.1) is 17.6 Å². The number of aromatic nitrogens is 1. The Labute approximate surface area is 140 Å². The predicted molar refractivity (Wildman–Crippen MR) is 94.5 cm³/mol. The average Bonchev–Trinajstić information content (AvgIpc) is 2.45. The van der Waals surface area contributed by atoms with Gasteiger partial charge in [-0.25, -0.2) is 9.78 Å². The van der Waals surface area contributed by atoms with Gasteiger partial charge in [-0.15, -0.1) is 0 Å². The number of hydrogen-bond donors (Lipinski definition) is 2. The Kier molecular flexibility index (Phi) is 5.50. The molecule has 0 radical (unpaired) electrons. The number of benzene rings is 1. The van der Waals surface area contributed by atoms with Gasteiger partial charge in [0.1, 0.15) is 10.6 Å². The summed E-state index contributed by atoms with van der Waals surface area (Å²) in [5.41, 5.74) is 7.44. The molecule has 1 aromatic heterocycles. The van der Waals surface area contributed by atoms with Crippen LogP contribution in [0.5, 0.6) is 0 Å². The number of nitrogen functional groups attached to an aromatic ring is 1. The second kappa shape index (κ2) is 7.37. The van der Waals surface area contributed by atoms with Gasteiger partial charge in [-0.2, -0.15) is 0 Å². The third kappa shape index (κ3) is 5.83. The largest absolute Gasteiger partial charge is 0.444 e. The lowest BCUT2D eigenvalue weighted by molar-refractivity contribution is 0.0635. The van der Waals surface area contributed by atoms with Crippen LogP contribution in [0.4, 0.5) is 16.2 Å². The van der Waals surface area contributed by atoms with Gasteiger partial charge in [0.2, 0.25) is 0 Å². The van der Waals surface area contributed by atoms with Crippen molar-refractivity contribution in [3.63, 3.8) is 0 Å². The van der Waals surface area contributed by atoms with Crippen molar-refractivity contribution in [2.45, 2.75) is 37.2 Å². The zero-order valence-electron chi connectivity index (χ0n) is 13.5. The first-order chi connectivity index (χ1) is 10.8. The molecule has 0 saturated heterocycles. The Hall–Kier alpha value is -2.21. The second-order valence-electron chi connectivity index (χ2n) is 6.02. The smallest absolute Gasteiger partial charge is 0.412 e. The van der Waals surface area contributed by atoms with Gasteiger partial charge in [-0.1, -0.05) is 42.1 Å². The molecule has 0 aliphatic rings. The molecule has 0 unspecified atom stereocenters. The maximum absolute atomic E-state index is 12.0. The van der Waals surface area contributed by atoms with Gasteiger partial charge in [-0.05, 0) is 32.4 Å². The van der Waals surface area contributed by atoms with Crippen LogP contribution >= 0.6 is 11.8 Å². The fourth-order valence-electron chi connectivity index (χ4n) is 1.81. The Morgan fingerprint density at radius 3 is 2.65 bits per heavy atom. The number of carbonyl (C=O) groups is 1. The summed E-state index contributed by atoms with van der Waals surface area (Å²) in [6.07, 6.45) is 1.06. The summed E-state index contributed by atoms with van der Waals surface area (Å²) in [5, 5.41) is 3.42. The molecule has 0 spiro atoms. The van der Waals surface area contributed by atoms with Crippen LogP contribution in [0.15, 0.2) is 47.6 Å². The number of pyridine rings is 1. The predicted octanol–water partition coefficient (Wildman–Crippen LogP) is 4.30. The van der Waals surface area contributed by atoms with Crippen molar-refractivity contribution in [2.75, 3.05) is 11.1 Å². The maximum atomic E-state index is 12.0. The zero-order chi connectivity index (χ0) is 16.9. The van der Waals surface area contributed by atoms with Gasteiger partial charge < -0.3 is 10.5 Å². The summed E-state index contributed by atoms with van der Waals surface area (Å²) in [7, 11) is 0. The molecular formula is C17H21N3O2S. The van der Waals surface area contributed by atoms with Crippen molar-refractivity contribution in [2.24, 2.45) is 0 Å². The number of rotatable bonds is 4. The van der Waals surface area contributed by atoms with E-state index in [2.05, 4.69) is 10.3 Å². The SMILES string of the molecule is CC(C)(C)OC(=O)Nc1cc(N)cnc1SCc1ccccc1. The fourth-order valence-corrected chi connectivity index (χ4v) is 2.70. The van der Waals surface area contributed by atoms with Crippen LogP contribution in [-0.2, 0) is 10.5 Å². The summed E-state index contributed by atoms with van der Waals surface area (Å²) < 4.78 is 5.27. The molecule has 3 N–H and O–H groups in total. The number of nitrogens with two attached hydrogens (primary N) is 1. The number of ether oxygens (including phenoxy) is 1. The van der Waals surface area contributed by atoms with Crippen LogP contribution in [0.25, 0.3) is 0 Å². The van der Waals surface area contributed by atoms with E-state index in [9.17, 15) is 4.79 Å². The van der Waals surface area contributed by atoms with Crippen molar-refractivity contribution < 1.29 is 9.53 Å². The molecule has 0 saturated carbocycles. The standard InChI is InChI=1S/C17H21N3O2S/c1-17(2,3)22-16(21)20-14-9-13(18)10-19-15(14)23-11-12-7-5-4-6-8-12/h4-10H,11,18H2,1-3H3,(H,20,21). The van der Waals surface area contributed by atoms with E-state index < -0.39 is 11.7 Å². The summed E-state index contributed by atoms with van der Waals surface area (Å²) in [6.45, 7) is 5.44. The molecule has 5 nitrogen and oxygen atoms in total. The third-order valence-electron chi connectivity index (χ3n) is 2.73. The monoisotopic (exact) mass is 331 g/mol. The van der Waals surface area contributed by atoms with Crippen LogP contribution in [0, 0.1) is 0 Å². The molecule has 0 aliphatic carbocycles. The van der Waals surface area contributed by atoms with Gasteiger partial charge in [0.25, 0.3) is 0 Å². The number of amides is 1. The Morgan fingerprint density at radius 2 is 2.00 bits per heavy atom. The molecule has 1 amide bonds. The Bertz CT molecular complexity index is 669. The fraction of sp³-hybridized carbons (Fsp3) is 0.294. The van der Waals surface area contributed by atoms with E-state index in [0.29, 0.717) is 16.4 Å². The molecule has 0 fully saturated rings. The van der Waals surface area contributed by atoms with Crippen molar-refractivity contribution in [3.05, 3.63) is 48.2 Å². The quantitative estimate of drug-likeness (QED) is 0.817. The van der Waals surface area contributed by atoms with E-state index >= 15 is 0 Å². The van der Waals surface area contributed by atoms with E-state index in [0.717, 1.165) is 5.75 Å². The summed E-state index contributed by atoms with van der Waals surface area (Å²) >= 11 is 1.53. The van der Waals surface area contributed by atoms with Gasteiger partial charge >= 0.3 is 6.09 Å². The first-order valence-electron chi connectivity index (χ1n) is 7.26. The highest BCUT2D eigenvalue weighted by atomic mass is 32.2.